The van der Waals surface area contributed by atoms with Crippen molar-refractivity contribution in [3.8, 4) is 17.0 Å². The first kappa shape index (κ1) is 24.6. The van der Waals surface area contributed by atoms with Gasteiger partial charge in [0, 0.05) is 6.54 Å². The van der Waals surface area contributed by atoms with Gasteiger partial charge in [-0.1, -0.05) is 54.2 Å². The third-order valence-electron chi connectivity index (χ3n) is 4.44. The number of carbonyl (C=O) groups excluding carboxylic acids is 1. The van der Waals surface area contributed by atoms with Gasteiger partial charge in [-0.3, -0.25) is 4.79 Å². The van der Waals surface area contributed by atoms with Crippen molar-refractivity contribution >= 4 is 17.7 Å². The number of ether oxygens (including phenoxy) is 1. The van der Waals surface area contributed by atoms with Crippen molar-refractivity contribution in [2.75, 3.05) is 12.3 Å². The molecule has 33 heavy (non-hydrogen) atoms. The van der Waals surface area contributed by atoms with Crippen LogP contribution in [0.3, 0.4) is 0 Å². The molecule has 1 heterocycles. The van der Waals surface area contributed by atoms with Gasteiger partial charge in [-0.25, -0.2) is 4.98 Å². The molecule has 2 aromatic carbocycles. The van der Waals surface area contributed by atoms with Crippen molar-refractivity contribution in [3.05, 3.63) is 66.4 Å². The molecule has 1 N–H and O–H groups in total. The van der Waals surface area contributed by atoms with Gasteiger partial charge in [-0.2, -0.15) is 22.0 Å². The largest absolute Gasteiger partial charge is 0.435 e. The predicted octanol–water partition coefficient (Wildman–Crippen LogP) is 5.16. The molecule has 0 unspecified atom stereocenters. The summed E-state index contributed by atoms with van der Waals surface area (Å²) in [4.78, 5) is 16.2. The molecule has 11 heteroatoms. The molecule has 0 bridgehead atoms. The fourth-order valence-corrected chi connectivity index (χ4v) is 3.82. The minimum Gasteiger partial charge on any atom is -0.435 e. The number of aromatic nitrogens is 2. The second-order valence-corrected chi connectivity index (χ2v) is 7.85. The van der Waals surface area contributed by atoms with Gasteiger partial charge in [0.25, 0.3) is 0 Å². The second kappa shape index (κ2) is 11.2. The summed E-state index contributed by atoms with van der Waals surface area (Å²) in [6, 6.07) is 14.6. The molecule has 0 fully saturated rings. The van der Waals surface area contributed by atoms with E-state index in [-0.39, 0.29) is 29.1 Å². The normalized spacial score (nSPS) is 11.6. The number of hydrogen-bond acceptors (Lipinski definition) is 4. The van der Waals surface area contributed by atoms with E-state index in [1.165, 1.54) is 18.3 Å². The SMILES string of the molecule is O=C(CSc1ncc(-c2ccccc2)n1CC(F)(F)F)NCCc1ccc(OC(F)F)cc1. The maximum absolute atomic E-state index is 13.1. The lowest BCUT2D eigenvalue weighted by Crippen LogP contribution is -2.27. The lowest BCUT2D eigenvalue weighted by molar-refractivity contribution is -0.141. The molecule has 0 spiro atoms. The lowest BCUT2D eigenvalue weighted by Gasteiger charge is -2.14. The number of amides is 1. The van der Waals surface area contributed by atoms with Crippen molar-refractivity contribution in [2.24, 2.45) is 0 Å². The molecule has 0 saturated heterocycles. The molecular formula is C22H20F5N3O2S. The number of nitrogens with one attached hydrogen (secondary N) is 1. The van der Waals surface area contributed by atoms with Crippen LogP contribution in [0.4, 0.5) is 22.0 Å². The quantitative estimate of drug-likeness (QED) is 0.318. The van der Waals surface area contributed by atoms with Crippen LogP contribution in [0, 0.1) is 0 Å². The predicted molar refractivity (Wildman–Crippen MR) is 114 cm³/mol. The van der Waals surface area contributed by atoms with Crippen molar-refractivity contribution in [3.63, 3.8) is 0 Å². The summed E-state index contributed by atoms with van der Waals surface area (Å²) in [5, 5.41) is 2.78. The first-order valence-corrected chi connectivity index (χ1v) is 10.8. The molecule has 0 atom stereocenters. The first-order valence-electron chi connectivity index (χ1n) is 9.82. The van der Waals surface area contributed by atoms with Crippen LogP contribution in [-0.2, 0) is 17.8 Å². The average molecular weight is 485 g/mol. The first-order chi connectivity index (χ1) is 15.7. The highest BCUT2D eigenvalue weighted by Gasteiger charge is 2.31. The van der Waals surface area contributed by atoms with Crippen LogP contribution in [0.5, 0.6) is 5.75 Å². The second-order valence-electron chi connectivity index (χ2n) is 6.90. The van der Waals surface area contributed by atoms with Gasteiger partial charge in [0.05, 0.1) is 17.6 Å². The molecule has 0 aliphatic carbocycles. The van der Waals surface area contributed by atoms with E-state index in [1.807, 2.05) is 0 Å². The van der Waals surface area contributed by atoms with Crippen LogP contribution in [-0.4, -0.2) is 40.5 Å². The Balaban J connectivity index is 1.54. The minimum atomic E-state index is -4.45. The van der Waals surface area contributed by atoms with E-state index in [1.54, 1.807) is 42.5 Å². The summed E-state index contributed by atoms with van der Waals surface area (Å²) < 4.78 is 69.0. The standard InChI is InChI=1S/C22H20F5N3O2S/c23-20(24)32-17-8-6-15(7-9-17)10-11-28-19(31)13-33-21-29-12-18(16-4-2-1-3-5-16)30(21)14-22(25,26)27/h1-9,12,20H,10-11,13-14H2,(H,28,31). The Hall–Kier alpha value is -3.08. The summed E-state index contributed by atoms with van der Waals surface area (Å²) >= 11 is 0.917. The highest BCUT2D eigenvalue weighted by Crippen LogP contribution is 2.30. The van der Waals surface area contributed by atoms with Crippen LogP contribution >= 0.6 is 11.8 Å². The van der Waals surface area contributed by atoms with Crippen LogP contribution in [0.25, 0.3) is 11.3 Å². The number of thioether (sulfide) groups is 1. The topological polar surface area (TPSA) is 56.2 Å². The van der Waals surface area contributed by atoms with Crippen LogP contribution in [0.15, 0.2) is 66.0 Å². The molecule has 0 saturated carbocycles. The van der Waals surface area contributed by atoms with Gasteiger partial charge in [-0.15, -0.1) is 0 Å². The Morgan fingerprint density at radius 2 is 1.79 bits per heavy atom. The third-order valence-corrected chi connectivity index (χ3v) is 5.43. The molecule has 3 aromatic rings. The number of rotatable bonds is 10. The van der Waals surface area contributed by atoms with E-state index in [9.17, 15) is 26.7 Å². The third kappa shape index (κ3) is 7.77. The number of imidazole rings is 1. The average Bonchev–Trinajstić information content (AvgIpc) is 3.14. The number of nitrogens with zero attached hydrogens (tertiary/aromatic N) is 2. The highest BCUT2D eigenvalue weighted by molar-refractivity contribution is 7.99. The highest BCUT2D eigenvalue weighted by atomic mass is 32.2. The van der Waals surface area contributed by atoms with Crippen molar-refractivity contribution in [1.82, 2.24) is 14.9 Å². The van der Waals surface area contributed by atoms with E-state index in [2.05, 4.69) is 15.0 Å². The van der Waals surface area contributed by atoms with Gasteiger partial charge >= 0.3 is 12.8 Å². The number of hydrogen-bond donors (Lipinski definition) is 1. The molecule has 5 nitrogen and oxygen atoms in total. The Morgan fingerprint density at radius 3 is 2.42 bits per heavy atom. The van der Waals surface area contributed by atoms with Crippen LogP contribution in [0.2, 0.25) is 0 Å². The Kier molecular flexibility index (Phi) is 8.32. The maximum Gasteiger partial charge on any atom is 0.406 e. The summed E-state index contributed by atoms with van der Waals surface area (Å²) in [5.74, 6) is -0.427. The summed E-state index contributed by atoms with van der Waals surface area (Å²) in [6.45, 7) is -3.84. The molecular weight excluding hydrogens is 465 g/mol. The molecule has 0 aliphatic heterocycles. The van der Waals surface area contributed by atoms with Gasteiger partial charge in [0.2, 0.25) is 5.91 Å². The zero-order valence-corrected chi connectivity index (χ0v) is 18.0. The van der Waals surface area contributed by atoms with Gasteiger partial charge in [0.15, 0.2) is 5.16 Å². The zero-order chi connectivity index (χ0) is 23.8. The zero-order valence-electron chi connectivity index (χ0n) is 17.2. The minimum absolute atomic E-state index is 0.0402. The van der Waals surface area contributed by atoms with Crippen LogP contribution < -0.4 is 10.1 Å². The van der Waals surface area contributed by atoms with E-state index >= 15 is 0 Å². The number of halogens is 5. The number of benzene rings is 2. The van der Waals surface area contributed by atoms with E-state index in [4.69, 9.17) is 0 Å². The monoisotopic (exact) mass is 485 g/mol. The van der Waals surface area contributed by atoms with Crippen molar-refractivity contribution in [2.45, 2.75) is 30.9 Å². The molecule has 1 aromatic heterocycles. The Labute approximate surface area is 191 Å². The van der Waals surface area contributed by atoms with Gasteiger partial charge in [0.1, 0.15) is 12.3 Å². The van der Waals surface area contributed by atoms with Crippen LogP contribution in [0.1, 0.15) is 5.56 Å². The van der Waals surface area contributed by atoms with Gasteiger partial charge < -0.3 is 14.6 Å². The number of carbonyl (C=O) groups is 1. The van der Waals surface area contributed by atoms with E-state index < -0.39 is 19.3 Å². The molecule has 3 rings (SSSR count). The maximum atomic E-state index is 13.1. The van der Waals surface area contributed by atoms with Crippen molar-refractivity contribution in [1.29, 1.82) is 0 Å². The van der Waals surface area contributed by atoms with Gasteiger partial charge in [-0.05, 0) is 29.7 Å². The fraction of sp³-hybridized carbons (Fsp3) is 0.273. The Bertz CT molecular complexity index is 1040. The Morgan fingerprint density at radius 1 is 1.09 bits per heavy atom. The fourth-order valence-electron chi connectivity index (χ4n) is 3.01. The van der Waals surface area contributed by atoms with Crippen molar-refractivity contribution < 1.29 is 31.5 Å². The smallest absolute Gasteiger partial charge is 0.406 e. The molecule has 176 valence electrons. The lowest BCUT2D eigenvalue weighted by atomic mass is 10.1. The molecule has 1 amide bonds. The molecule has 0 aliphatic rings. The molecule has 0 radical (unpaired) electrons. The van der Waals surface area contributed by atoms with E-state index in [0.29, 0.717) is 17.7 Å². The number of alkyl halides is 5. The van der Waals surface area contributed by atoms with E-state index in [0.717, 1.165) is 21.9 Å². The summed E-state index contributed by atoms with van der Waals surface area (Å²) in [7, 11) is 0. The summed E-state index contributed by atoms with van der Waals surface area (Å²) in [5.41, 5.74) is 1.71. The summed E-state index contributed by atoms with van der Waals surface area (Å²) in [6.07, 6.45) is -2.63.